The Labute approximate surface area is 140 Å². The summed E-state index contributed by atoms with van der Waals surface area (Å²) >= 11 is 1.16. The molecule has 0 radical (unpaired) electrons. The predicted molar refractivity (Wildman–Crippen MR) is 85.7 cm³/mol. The zero-order chi connectivity index (χ0) is 17.4. The molecule has 7 heteroatoms. The van der Waals surface area contributed by atoms with E-state index in [2.05, 4.69) is 0 Å². The largest absolute Gasteiger partial charge is 0.444 e. The minimum atomic E-state index is -0.984. The number of thiophene rings is 1. The summed E-state index contributed by atoms with van der Waals surface area (Å²) in [6.07, 6.45) is -1.29. The van der Waals surface area contributed by atoms with Gasteiger partial charge in [0.15, 0.2) is 0 Å². The highest BCUT2D eigenvalue weighted by molar-refractivity contribution is 7.10. The van der Waals surface area contributed by atoms with Crippen LogP contribution in [0.15, 0.2) is 11.4 Å². The molecule has 1 aliphatic heterocycles. The number of hydrogen-bond donors (Lipinski definition) is 1. The molecule has 1 fully saturated rings. The van der Waals surface area contributed by atoms with Gasteiger partial charge >= 0.3 is 6.09 Å². The first-order chi connectivity index (χ1) is 10.5. The van der Waals surface area contributed by atoms with Gasteiger partial charge in [-0.1, -0.05) is 0 Å². The average molecular weight is 345 g/mol. The molecule has 5 nitrogen and oxygen atoms in total. The topological polar surface area (TPSA) is 59.0 Å². The smallest absolute Gasteiger partial charge is 0.412 e. The number of carbonyl (C=O) groups is 1. The predicted octanol–water partition coefficient (Wildman–Crippen LogP) is 3.68. The molecule has 23 heavy (non-hydrogen) atoms. The van der Waals surface area contributed by atoms with Crippen LogP contribution in [0, 0.1) is 5.82 Å². The molecule has 0 saturated carbocycles. The number of aliphatic hydroxyl groups is 1. The first kappa shape index (κ1) is 18.2. The van der Waals surface area contributed by atoms with Crippen LogP contribution in [0.5, 0.6) is 0 Å². The van der Waals surface area contributed by atoms with Crippen LogP contribution in [0.2, 0.25) is 0 Å². The van der Waals surface area contributed by atoms with Crippen molar-refractivity contribution in [1.29, 1.82) is 0 Å². The molecular weight excluding hydrogens is 321 g/mol. The van der Waals surface area contributed by atoms with Crippen molar-refractivity contribution in [2.45, 2.75) is 64.5 Å². The molecule has 1 aromatic rings. The normalized spacial score (nSPS) is 22.2. The van der Waals surface area contributed by atoms with E-state index in [0.717, 1.165) is 11.3 Å². The van der Waals surface area contributed by atoms with Crippen molar-refractivity contribution in [2.24, 2.45) is 0 Å². The lowest BCUT2D eigenvalue weighted by molar-refractivity contribution is -0.0637. The fourth-order valence-corrected chi connectivity index (χ4v) is 3.41. The van der Waals surface area contributed by atoms with Crippen molar-refractivity contribution >= 4 is 17.4 Å². The maximum absolute atomic E-state index is 13.6. The maximum atomic E-state index is 13.6. The van der Waals surface area contributed by atoms with E-state index >= 15 is 0 Å². The maximum Gasteiger partial charge on any atom is 0.412 e. The van der Waals surface area contributed by atoms with Crippen molar-refractivity contribution in [3.8, 4) is 0 Å². The van der Waals surface area contributed by atoms with Gasteiger partial charge in [0.25, 0.3) is 0 Å². The zero-order valence-electron chi connectivity index (χ0n) is 14.1. The van der Waals surface area contributed by atoms with E-state index in [1.165, 1.54) is 11.0 Å². The third-order valence-corrected chi connectivity index (χ3v) is 4.60. The van der Waals surface area contributed by atoms with Crippen LogP contribution in [-0.4, -0.2) is 40.1 Å². The highest BCUT2D eigenvalue weighted by Crippen LogP contribution is 2.35. The van der Waals surface area contributed by atoms with Crippen LogP contribution in [-0.2, 0) is 9.47 Å². The van der Waals surface area contributed by atoms with Gasteiger partial charge in [-0.15, -0.1) is 11.3 Å². The Hall–Kier alpha value is -1.18. The summed E-state index contributed by atoms with van der Waals surface area (Å²) in [4.78, 5) is 14.3. The molecule has 1 amide bonds. The summed E-state index contributed by atoms with van der Waals surface area (Å²) in [6.45, 7) is 9.19. The monoisotopic (exact) mass is 345 g/mol. The third kappa shape index (κ3) is 4.22. The Morgan fingerprint density at radius 3 is 2.78 bits per heavy atom. The van der Waals surface area contributed by atoms with Crippen molar-refractivity contribution in [3.05, 3.63) is 22.1 Å². The van der Waals surface area contributed by atoms with E-state index in [9.17, 15) is 14.3 Å². The molecule has 1 unspecified atom stereocenters. The average Bonchev–Trinajstić information content (AvgIpc) is 2.91. The number of ether oxygens (including phenoxy) is 2. The van der Waals surface area contributed by atoms with Crippen LogP contribution in [0.3, 0.4) is 0 Å². The Morgan fingerprint density at radius 1 is 1.61 bits per heavy atom. The minimum absolute atomic E-state index is 0.195. The quantitative estimate of drug-likeness (QED) is 0.908. The van der Waals surface area contributed by atoms with Gasteiger partial charge in [-0.3, -0.25) is 4.90 Å². The summed E-state index contributed by atoms with van der Waals surface area (Å²) in [6, 6.07) is 0.945. The second kappa shape index (κ2) is 6.37. The SMILES string of the molecule is CC(C)(C)OC(=O)N1C(C[C@H](O)c2sccc2F)COC1(C)C. The van der Waals surface area contributed by atoms with E-state index in [0.29, 0.717) is 0 Å². The van der Waals surface area contributed by atoms with Crippen molar-refractivity contribution in [1.82, 2.24) is 4.90 Å². The van der Waals surface area contributed by atoms with Crippen molar-refractivity contribution < 1.29 is 23.8 Å². The summed E-state index contributed by atoms with van der Waals surface area (Å²) in [5.74, 6) is -0.426. The van der Waals surface area contributed by atoms with Gasteiger partial charge in [-0.2, -0.15) is 0 Å². The fraction of sp³-hybridized carbons (Fsp3) is 0.688. The van der Waals surface area contributed by atoms with Gasteiger partial charge in [0.05, 0.1) is 23.6 Å². The Bertz CT molecular complexity index is 567. The van der Waals surface area contributed by atoms with Gasteiger partial charge in [-0.25, -0.2) is 9.18 Å². The lowest BCUT2D eigenvalue weighted by Gasteiger charge is -2.35. The van der Waals surface area contributed by atoms with Gasteiger partial charge < -0.3 is 14.6 Å². The lowest BCUT2D eigenvalue weighted by atomic mass is 10.1. The molecule has 1 saturated heterocycles. The van der Waals surface area contributed by atoms with Crippen LogP contribution < -0.4 is 0 Å². The van der Waals surface area contributed by atoms with Crippen LogP contribution in [0.25, 0.3) is 0 Å². The molecule has 1 aliphatic rings. The molecule has 0 aliphatic carbocycles. The summed E-state index contributed by atoms with van der Waals surface area (Å²) < 4.78 is 24.7. The van der Waals surface area contributed by atoms with Crippen LogP contribution in [0.4, 0.5) is 9.18 Å². The van der Waals surface area contributed by atoms with Gasteiger partial charge in [-0.05, 0) is 46.1 Å². The highest BCUT2D eigenvalue weighted by atomic mass is 32.1. The molecular formula is C16H24FNO4S. The number of amides is 1. The molecule has 2 rings (SSSR count). The van der Waals surface area contributed by atoms with E-state index in [1.54, 1.807) is 40.0 Å². The highest BCUT2D eigenvalue weighted by Gasteiger charge is 2.46. The molecule has 130 valence electrons. The van der Waals surface area contributed by atoms with E-state index in [4.69, 9.17) is 9.47 Å². The summed E-state index contributed by atoms with van der Waals surface area (Å²) in [5.41, 5.74) is -1.46. The first-order valence-corrected chi connectivity index (χ1v) is 8.46. The summed E-state index contributed by atoms with van der Waals surface area (Å²) in [5, 5.41) is 11.9. The van der Waals surface area contributed by atoms with Crippen LogP contribution in [0.1, 0.15) is 52.0 Å². The number of aliphatic hydroxyl groups excluding tert-OH is 1. The Balaban J connectivity index is 2.14. The standard InChI is InChI=1S/C16H24FNO4S/c1-15(2,3)22-14(20)18-10(9-21-16(18,4)5)8-12(19)13-11(17)6-7-23-13/h6-7,10,12,19H,8-9H2,1-5H3/t10?,12-/m0/s1. The first-order valence-electron chi connectivity index (χ1n) is 7.58. The molecule has 0 bridgehead atoms. The fourth-order valence-electron chi connectivity index (χ4n) is 2.65. The molecule has 0 aromatic carbocycles. The molecule has 0 spiro atoms. The molecule has 2 heterocycles. The van der Waals surface area contributed by atoms with E-state index in [-0.39, 0.29) is 23.9 Å². The second-order valence-electron chi connectivity index (χ2n) is 7.15. The third-order valence-electron chi connectivity index (χ3n) is 3.61. The van der Waals surface area contributed by atoms with Gasteiger partial charge in [0.1, 0.15) is 17.1 Å². The van der Waals surface area contributed by atoms with Gasteiger partial charge in [0.2, 0.25) is 0 Å². The van der Waals surface area contributed by atoms with Crippen molar-refractivity contribution in [2.75, 3.05) is 6.61 Å². The number of carbonyl (C=O) groups excluding carboxylic acids is 1. The number of nitrogens with zero attached hydrogens (tertiary/aromatic N) is 1. The number of rotatable bonds is 3. The zero-order valence-corrected chi connectivity index (χ0v) is 14.9. The Morgan fingerprint density at radius 2 is 2.26 bits per heavy atom. The molecule has 2 atom stereocenters. The van der Waals surface area contributed by atoms with Gasteiger partial charge in [0, 0.05) is 6.42 Å². The molecule has 1 aromatic heterocycles. The Kier molecular flexibility index (Phi) is 5.03. The minimum Gasteiger partial charge on any atom is -0.444 e. The summed E-state index contributed by atoms with van der Waals surface area (Å²) in [7, 11) is 0. The van der Waals surface area contributed by atoms with E-state index < -0.39 is 29.3 Å². The molecule has 1 N–H and O–H groups in total. The van der Waals surface area contributed by atoms with E-state index in [1.807, 2.05) is 0 Å². The number of halogens is 1. The number of hydrogen-bond acceptors (Lipinski definition) is 5. The van der Waals surface area contributed by atoms with Crippen molar-refractivity contribution in [3.63, 3.8) is 0 Å². The van der Waals surface area contributed by atoms with Crippen LogP contribution >= 0.6 is 11.3 Å². The second-order valence-corrected chi connectivity index (χ2v) is 8.09. The lowest BCUT2D eigenvalue weighted by Crippen LogP contribution is -2.50.